The van der Waals surface area contributed by atoms with Gasteiger partial charge in [0, 0.05) is 16.7 Å². The average Bonchev–Trinajstić information content (AvgIpc) is 3.00. The van der Waals surface area contributed by atoms with E-state index in [2.05, 4.69) is 5.38 Å². The first-order valence-electron chi connectivity index (χ1n) is 6.41. The first-order valence-corrected chi connectivity index (χ1v) is 7.29. The van der Waals surface area contributed by atoms with Crippen molar-refractivity contribution < 1.29 is 5.11 Å². The third-order valence-electron chi connectivity index (χ3n) is 4.18. The molecule has 0 radical (unpaired) electrons. The van der Waals surface area contributed by atoms with Crippen molar-refractivity contribution in [2.24, 2.45) is 0 Å². The minimum atomic E-state index is 0.0589. The number of nitrogens with zero attached hydrogens (tertiary/aromatic N) is 1. The molecule has 0 spiro atoms. The van der Waals surface area contributed by atoms with Gasteiger partial charge >= 0.3 is 0 Å². The van der Waals surface area contributed by atoms with Crippen LogP contribution in [-0.4, -0.2) is 16.7 Å². The van der Waals surface area contributed by atoms with Crippen LogP contribution in [0, 0.1) is 0 Å². The fourth-order valence-electron chi connectivity index (χ4n) is 2.71. The predicted molar refractivity (Wildman–Crippen MR) is 65.9 cm³/mol. The van der Waals surface area contributed by atoms with E-state index in [9.17, 15) is 5.11 Å². The highest BCUT2D eigenvalue weighted by Gasteiger charge is 2.45. The maximum Gasteiger partial charge on any atom is 0.0959 e. The normalized spacial score (nSPS) is 24.6. The fraction of sp³-hybridized carbons (Fsp3) is 0.769. The fourth-order valence-corrected chi connectivity index (χ4v) is 3.83. The van der Waals surface area contributed by atoms with Gasteiger partial charge in [-0.25, -0.2) is 4.98 Å². The molecule has 1 heterocycles. The third-order valence-corrected chi connectivity index (χ3v) is 5.18. The van der Waals surface area contributed by atoms with Gasteiger partial charge in [0.2, 0.25) is 0 Å². The minimum Gasteiger partial charge on any atom is -0.395 e. The van der Waals surface area contributed by atoms with Gasteiger partial charge < -0.3 is 5.11 Å². The lowest BCUT2D eigenvalue weighted by Gasteiger charge is -2.19. The molecule has 0 amide bonds. The van der Waals surface area contributed by atoms with Crippen molar-refractivity contribution >= 4 is 11.3 Å². The monoisotopic (exact) mass is 237 g/mol. The van der Waals surface area contributed by atoms with Crippen LogP contribution in [0.15, 0.2) is 5.38 Å². The Labute approximate surface area is 101 Å². The summed E-state index contributed by atoms with van der Waals surface area (Å²) in [6.07, 6.45) is 9.01. The van der Waals surface area contributed by atoms with Gasteiger partial charge in [-0.2, -0.15) is 0 Å². The zero-order chi connectivity index (χ0) is 11.0. The molecule has 0 aliphatic heterocycles. The number of rotatable bonds is 3. The molecule has 1 aromatic heterocycles. The Hall–Kier alpha value is -0.410. The van der Waals surface area contributed by atoms with Crippen molar-refractivity contribution in [1.82, 2.24) is 4.98 Å². The Morgan fingerprint density at radius 2 is 2.06 bits per heavy atom. The second-order valence-electron chi connectivity index (χ2n) is 5.34. The van der Waals surface area contributed by atoms with Gasteiger partial charge in [0.25, 0.3) is 0 Å². The van der Waals surface area contributed by atoms with Crippen molar-refractivity contribution in [1.29, 1.82) is 0 Å². The molecule has 1 aromatic rings. The quantitative estimate of drug-likeness (QED) is 0.875. The summed E-state index contributed by atoms with van der Waals surface area (Å²) in [5, 5.41) is 12.9. The summed E-state index contributed by atoms with van der Waals surface area (Å²) < 4.78 is 0. The zero-order valence-corrected chi connectivity index (χ0v) is 10.4. The molecule has 3 heteroatoms. The Morgan fingerprint density at radius 1 is 1.31 bits per heavy atom. The van der Waals surface area contributed by atoms with Gasteiger partial charge in [-0.1, -0.05) is 19.3 Å². The van der Waals surface area contributed by atoms with Crippen LogP contribution in [0.3, 0.4) is 0 Å². The van der Waals surface area contributed by atoms with Gasteiger partial charge in [-0.15, -0.1) is 11.3 Å². The molecule has 2 saturated carbocycles. The summed E-state index contributed by atoms with van der Waals surface area (Å²) in [6, 6.07) is 0. The standard InChI is InChI=1S/C13H19NOS/c15-9-13(6-7-13)11-8-16-12(14-11)10-4-2-1-3-5-10/h8,10,15H,1-7,9H2. The first kappa shape index (κ1) is 10.7. The van der Waals surface area contributed by atoms with Crippen molar-refractivity contribution in [3.05, 3.63) is 16.1 Å². The molecule has 2 aliphatic rings. The lowest BCUT2D eigenvalue weighted by molar-refractivity contribution is 0.252. The van der Waals surface area contributed by atoms with Gasteiger partial charge in [0.1, 0.15) is 0 Å². The molecule has 2 aliphatic carbocycles. The lowest BCUT2D eigenvalue weighted by atomic mass is 9.90. The van der Waals surface area contributed by atoms with Gasteiger partial charge in [-0.05, 0) is 25.7 Å². The maximum atomic E-state index is 9.39. The summed E-state index contributed by atoms with van der Waals surface area (Å²) in [4.78, 5) is 4.80. The Bertz CT molecular complexity index is 364. The predicted octanol–water partition coefficient (Wildman–Crippen LogP) is 3.21. The van der Waals surface area contributed by atoms with E-state index in [1.54, 1.807) is 0 Å². The van der Waals surface area contributed by atoms with E-state index in [4.69, 9.17) is 4.98 Å². The van der Waals surface area contributed by atoms with E-state index >= 15 is 0 Å². The molecule has 2 fully saturated rings. The first-order chi connectivity index (χ1) is 7.84. The Balaban J connectivity index is 1.77. The van der Waals surface area contributed by atoms with Crippen LogP contribution in [0.25, 0.3) is 0 Å². The molecular weight excluding hydrogens is 218 g/mol. The van der Waals surface area contributed by atoms with E-state index in [-0.39, 0.29) is 12.0 Å². The van der Waals surface area contributed by atoms with Gasteiger partial charge in [-0.3, -0.25) is 0 Å². The van der Waals surface area contributed by atoms with E-state index in [0.29, 0.717) is 5.92 Å². The van der Waals surface area contributed by atoms with Crippen molar-refractivity contribution in [2.75, 3.05) is 6.61 Å². The second-order valence-corrected chi connectivity index (χ2v) is 6.23. The largest absolute Gasteiger partial charge is 0.395 e. The van der Waals surface area contributed by atoms with Crippen molar-refractivity contribution in [3.63, 3.8) is 0 Å². The topological polar surface area (TPSA) is 33.1 Å². The number of hydrogen-bond donors (Lipinski definition) is 1. The van der Waals surface area contributed by atoms with Crippen LogP contribution < -0.4 is 0 Å². The van der Waals surface area contributed by atoms with E-state index in [1.165, 1.54) is 42.8 Å². The average molecular weight is 237 g/mol. The summed E-state index contributed by atoms with van der Waals surface area (Å²) in [6.45, 7) is 0.279. The summed E-state index contributed by atoms with van der Waals surface area (Å²) >= 11 is 1.82. The molecule has 88 valence electrons. The number of hydrogen-bond acceptors (Lipinski definition) is 3. The lowest BCUT2D eigenvalue weighted by Crippen LogP contribution is -2.13. The molecule has 0 bridgehead atoms. The van der Waals surface area contributed by atoms with Crippen molar-refractivity contribution in [2.45, 2.75) is 56.3 Å². The zero-order valence-electron chi connectivity index (χ0n) is 9.61. The molecule has 0 saturated heterocycles. The number of aliphatic hydroxyl groups is 1. The maximum absolute atomic E-state index is 9.39. The Kier molecular flexibility index (Phi) is 2.76. The summed E-state index contributed by atoms with van der Waals surface area (Å²) in [7, 11) is 0. The SMILES string of the molecule is OCC1(c2csc(C3CCCCC3)n2)CC1. The smallest absolute Gasteiger partial charge is 0.0959 e. The molecule has 1 N–H and O–H groups in total. The molecular formula is C13H19NOS. The van der Waals surface area contributed by atoms with Crippen LogP contribution in [0.1, 0.15) is 61.6 Å². The van der Waals surface area contributed by atoms with Crippen LogP contribution in [-0.2, 0) is 5.41 Å². The van der Waals surface area contributed by atoms with Crippen LogP contribution >= 0.6 is 11.3 Å². The molecule has 2 nitrogen and oxygen atoms in total. The van der Waals surface area contributed by atoms with Crippen LogP contribution in [0.4, 0.5) is 0 Å². The van der Waals surface area contributed by atoms with E-state index in [1.807, 2.05) is 11.3 Å². The number of aliphatic hydroxyl groups excluding tert-OH is 1. The molecule has 0 aromatic carbocycles. The third kappa shape index (κ3) is 1.80. The molecule has 16 heavy (non-hydrogen) atoms. The van der Waals surface area contributed by atoms with E-state index < -0.39 is 0 Å². The van der Waals surface area contributed by atoms with Gasteiger partial charge in [0.15, 0.2) is 0 Å². The number of thiazole rings is 1. The van der Waals surface area contributed by atoms with Crippen LogP contribution in [0.2, 0.25) is 0 Å². The highest BCUT2D eigenvalue weighted by Crippen LogP contribution is 2.48. The highest BCUT2D eigenvalue weighted by molar-refractivity contribution is 7.09. The second kappa shape index (κ2) is 4.11. The van der Waals surface area contributed by atoms with Crippen LogP contribution in [0.5, 0.6) is 0 Å². The Morgan fingerprint density at radius 3 is 2.69 bits per heavy atom. The summed E-state index contributed by atoms with van der Waals surface area (Å²) in [5.74, 6) is 0.710. The molecule has 0 unspecified atom stereocenters. The van der Waals surface area contributed by atoms with Crippen molar-refractivity contribution in [3.8, 4) is 0 Å². The molecule has 3 rings (SSSR count). The van der Waals surface area contributed by atoms with E-state index in [0.717, 1.165) is 12.8 Å². The number of aromatic nitrogens is 1. The van der Waals surface area contributed by atoms with Gasteiger partial charge in [0.05, 0.1) is 17.3 Å². The molecule has 0 atom stereocenters. The minimum absolute atomic E-state index is 0.0589. The highest BCUT2D eigenvalue weighted by atomic mass is 32.1. The summed E-state index contributed by atoms with van der Waals surface area (Å²) in [5.41, 5.74) is 1.23.